The molecule has 6 nitrogen and oxygen atoms in total. The van der Waals surface area contributed by atoms with Gasteiger partial charge in [-0.1, -0.05) is 36.4 Å². The molecule has 2 aromatic rings. The number of hydrogen-bond donors (Lipinski definition) is 3. The summed E-state index contributed by atoms with van der Waals surface area (Å²) in [5, 5.41) is 21.3. The molecule has 0 aromatic heterocycles. The predicted octanol–water partition coefficient (Wildman–Crippen LogP) is 1.50. The summed E-state index contributed by atoms with van der Waals surface area (Å²) >= 11 is 0. The molecule has 6 heteroatoms. The summed E-state index contributed by atoms with van der Waals surface area (Å²) in [5.41, 5.74) is 3.07. The lowest BCUT2D eigenvalue weighted by Gasteiger charge is -2.10. The van der Waals surface area contributed by atoms with Crippen molar-refractivity contribution in [1.82, 2.24) is 5.32 Å². The van der Waals surface area contributed by atoms with Gasteiger partial charge in [0.15, 0.2) is 0 Å². The van der Waals surface area contributed by atoms with Crippen molar-refractivity contribution >= 4 is 11.9 Å². The molecule has 0 aliphatic heterocycles. The molecule has 0 bridgehead atoms. The summed E-state index contributed by atoms with van der Waals surface area (Å²) in [5.74, 6) is -0.355. The molecule has 0 saturated heterocycles. The smallest absolute Gasteiger partial charge is 0.308 e. The summed E-state index contributed by atoms with van der Waals surface area (Å²) in [4.78, 5) is 23.2. The first kappa shape index (κ1) is 19.6. The Hall–Kier alpha value is -2.70. The largest absolute Gasteiger partial charge is 0.426 e. The van der Waals surface area contributed by atoms with Crippen molar-refractivity contribution in [3.63, 3.8) is 0 Å². The minimum atomic E-state index is -0.480. The van der Waals surface area contributed by atoms with Crippen LogP contribution >= 0.6 is 0 Å². The average molecular weight is 357 g/mol. The summed E-state index contributed by atoms with van der Waals surface area (Å²) in [6.07, 6.45) is 0.818. The van der Waals surface area contributed by atoms with E-state index in [2.05, 4.69) is 5.32 Å². The Kier molecular flexibility index (Phi) is 7.32. The monoisotopic (exact) mass is 357 g/mol. The Bertz CT molecular complexity index is 773. The van der Waals surface area contributed by atoms with E-state index in [4.69, 9.17) is 9.84 Å². The Labute approximate surface area is 152 Å². The molecule has 1 amide bonds. The summed E-state index contributed by atoms with van der Waals surface area (Å²) < 4.78 is 5.07. The third-order valence-corrected chi connectivity index (χ3v) is 3.83. The Balaban J connectivity index is 1.89. The first-order chi connectivity index (χ1) is 12.5. The van der Waals surface area contributed by atoms with Crippen LogP contribution in [0.5, 0.6) is 5.75 Å². The molecule has 2 aromatic carbocycles. The number of benzene rings is 2. The number of aliphatic hydroxyl groups excluding tert-OH is 2. The first-order valence-electron chi connectivity index (χ1n) is 8.38. The van der Waals surface area contributed by atoms with Crippen LogP contribution in [0.4, 0.5) is 0 Å². The van der Waals surface area contributed by atoms with Gasteiger partial charge in [0.2, 0.25) is 5.91 Å². The molecule has 0 radical (unpaired) electrons. The minimum Gasteiger partial charge on any atom is -0.426 e. The van der Waals surface area contributed by atoms with Crippen LogP contribution in [0.1, 0.15) is 29.2 Å². The molecule has 0 fully saturated rings. The van der Waals surface area contributed by atoms with Crippen LogP contribution in [-0.2, 0) is 35.6 Å². The Morgan fingerprint density at radius 1 is 1.00 bits per heavy atom. The van der Waals surface area contributed by atoms with Crippen LogP contribution in [0.15, 0.2) is 42.5 Å². The lowest BCUT2D eigenvalue weighted by atomic mass is 10.1. The van der Waals surface area contributed by atoms with Gasteiger partial charge in [0.1, 0.15) is 5.75 Å². The first-order valence-corrected chi connectivity index (χ1v) is 8.38. The second kappa shape index (κ2) is 9.70. The van der Waals surface area contributed by atoms with Crippen LogP contribution < -0.4 is 10.1 Å². The van der Waals surface area contributed by atoms with E-state index in [1.54, 1.807) is 18.2 Å². The normalized spacial score (nSPS) is 10.4. The molecular weight excluding hydrogens is 334 g/mol. The van der Waals surface area contributed by atoms with Gasteiger partial charge in [0, 0.05) is 19.0 Å². The van der Waals surface area contributed by atoms with Crippen molar-refractivity contribution in [2.45, 2.75) is 33.0 Å². The van der Waals surface area contributed by atoms with E-state index in [9.17, 15) is 14.7 Å². The Morgan fingerprint density at radius 3 is 2.46 bits per heavy atom. The van der Waals surface area contributed by atoms with Gasteiger partial charge in [-0.2, -0.15) is 0 Å². The fraction of sp³-hybridized carbons (Fsp3) is 0.300. The van der Waals surface area contributed by atoms with Gasteiger partial charge in [-0.05, 0) is 29.2 Å². The van der Waals surface area contributed by atoms with Crippen LogP contribution in [0.2, 0.25) is 0 Å². The van der Waals surface area contributed by atoms with Gasteiger partial charge in [-0.15, -0.1) is 0 Å². The number of nitrogens with one attached hydrogen (secondary N) is 1. The molecule has 0 aliphatic rings. The molecule has 0 atom stereocenters. The molecule has 138 valence electrons. The van der Waals surface area contributed by atoms with Crippen molar-refractivity contribution in [2.75, 3.05) is 6.54 Å². The van der Waals surface area contributed by atoms with E-state index in [0.29, 0.717) is 24.1 Å². The molecule has 3 N–H and O–H groups in total. The highest BCUT2D eigenvalue weighted by Crippen LogP contribution is 2.21. The second-order valence-corrected chi connectivity index (χ2v) is 5.95. The molecule has 0 aliphatic carbocycles. The fourth-order valence-electron chi connectivity index (χ4n) is 2.57. The number of esters is 1. The van der Waals surface area contributed by atoms with Gasteiger partial charge in [0.05, 0.1) is 19.6 Å². The lowest BCUT2D eigenvalue weighted by Crippen LogP contribution is -2.27. The quantitative estimate of drug-likeness (QED) is 0.491. The third kappa shape index (κ3) is 5.98. The standard InChI is InChI=1S/C20H23NO5/c1-14(24)26-19-10-16(5-6-18(19)13-23)11-20(25)21-8-7-15-3-2-4-17(9-15)12-22/h2-6,9-10,22-23H,7-8,11-13H2,1H3,(H,21,25). The number of rotatable bonds is 8. The van der Waals surface area contributed by atoms with Crippen LogP contribution in [0.3, 0.4) is 0 Å². The third-order valence-electron chi connectivity index (χ3n) is 3.83. The summed E-state index contributed by atoms with van der Waals surface area (Å²) in [6.45, 7) is 1.52. The van der Waals surface area contributed by atoms with Gasteiger partial charge in [0.25, 0.3) is 0 Å². The van der Waals surface area contributed by atoms with E-state index in [-0.39, 0.29) is 31.3 Å². The average Bonchev–Trinajstić information content (AvgIpc) is 2.61. The maximum absolute atomic E-state index is 12.1. The van der Waals surface area contributed by atoms with Crippen molar-refractivity contribution in [1.29, 1.82) is 0 Å². The van der Waals surface area contributed by atoms with Crippen LogP contribution in [0, 0.1) is 0 Å². The number of amides is 1. The van der Waals surface area contributed by atoms with Crippen molar-refractivity contribution in [3.05, 3.63) is 64.7 Å². The summed E-state index contributed by atoms with van der Waals surface area (Å²) in [7, 11) is 0. The van der Waals surface area contributed by atoms with E-state index in [1.165, 1.54) is 6.92 Å². The van der Waals surface area contributed by atoms with Crippen LogP contribution in [0.25, 0.3) is 0 Å². The molecule has 26 heavy (non-hydrogen) atoms. The van der Waals surface area contributed by atoms with Gasteiger partial charge in [-0.3, -0.25) is 9.59 Å². The molecule has 2 rings (SSSR count). The lowest BCUT2D eigenvalue weighted by molar-refractivity contribution is -0.132. The number of aliphatic hydroxyl groups is 2. The van der Waals surface area contributed by atoms with Gasteiger partial charge < -0.3 is 20.3 Å². The van der Waals surface area contributed by atoms with Crippen LogP contribution in [-0.4, -0.2) is 28.6 Å². The van der Waals surface area contributed by atoms with E-state index in [0.717, 1.165) is 11.1 Å². The zero-order chi connectivity index (χ0) is 18.9. The number of carbonyl (C=O) groups is 2. The zero-order valence-electron chi connectivity index (χ0n) is 14.7. The second-order valence-electron chi connectivity index (χ2n) is 5.95. The molecule has 0 heterocycles. The fourth-order valence-corrected chi connectivity index (χ4v) is 2.57. The highest BCUT2D eigenvalue weighted by Gasteiger charge is 2.10. The highest BCUT2D eigenvalue weighted by atomic mass is 16.5. The maximum Gasteiger partial charge on any atom is 0.308 e. The number of hydrogen-bond acceptors (Lipinski definition) is 5. The molecular formula is C20H23NO5. The van der Waals surface area contributed by atoms with Crippen molar-refractivity contribution in [2.24, 2.45) is 0 Å². The number of ether oxygens (including phenoxy) is 1. The molecule has 0 saturated carbocycles. The topological polar surface area (TPSA) is 95.9 Å². The predicted molar refractivity (Wildman–Crippen MR) is 96.5 cm³/mol. The summed E-state index contributed by atoms with van der Waals surface area (Å²) in [6, 6.07) is 12.5. The van der Waals surface area contributed by atoms with Crippen molar-refractivity contribution < 1.29 is 24.5 Å². The molecule has 0 spiro atoms. The van der Waals surface area contributed by atoms with E-state index in [1.807, 2.05) is 24.3 Å². The van der Waals surface area contributed by atoms with Crippen molar-refractivity contribution in [3.8, 4) is 5.75 Å². The highest BCUT2D eigenvalue weighted by molar-refractivity contribution is 5.79. The number of carbonyl (C=O) groups excluding carboxylic acids is 2. The zero-order valence-corrected chi connectivity index (χ0v) is 14.7. The SMILES string of the molecule is CC(=O)Oc1cc(CC(=O)NCCc2cccc(CO)c2)ccc1CO. The minimum absolute atomic E-state index is 0.00526. The maximum atomic E-state index is 12.1. The Morgan fingerprint density at radius 2 is 1.77 bits per heavy atom. The van der Waals surface area contributed by atoms with Gasteiger partial charge >= 0.3 is 5.97 Å². The van der Waals surface area contributed by atoms with E-state index < -0.39 is 5.97 Å². The molecule has 0 unspecified atom stereocenters. The van der Waals surface area contributed by atoms with Gasteiger partial charge in [-0.25, -0.2) is 0 Å². The van der Waals surface area contributed by atoms with E-state index >= 15 is 0 Å².